The van der Waals surface area contributed by atoms with Crippen LogP contribution >= 0.6 is 0 Å². The Morgan fingerprint density at radius 2 is 1.42 bits per heavy atom. The van der Waals surface area contributed by atoms with E-state index in [4.69, 9.17) is 5.73 Å². The standard InChI is InChI=1S/C15H17NO2S/c16-11-10-13-6-4-5-7-14(13)12-19(17,18)15-8-2-1-3-9-15/h1-9H,10-12,16H2. The molecule has 2 rings (SSSR count). The lowest BCUT2D eigenvalue weighted by Crippen LogP contribution is -2.09. The van der Waals surface area contributed by atoms with E-state index >= 15 is 0 Å². The van der Waals surface area contributed by atoms with E-state index in [2.05, 4.69) is 0 Å². The summed E-state index contributed by atoms with van der Waals surface area (Å²) in [6, 6.07) is 16.1. The van der Waals surface area contributed by atoms with Crippen molar-refractivity contribution in [1.29, 1.82) is 0 Å². The van der Waals surface area contributed by atoms with Crippen molar-refractivity contribution < 1.29 is 8.42 Å². The van der Waals surface area contributed by atoms with Crippen LogP contribution in [0.1, 0.15) is 11.1 Å². The van der Waals surface area contributed by atoms with Gasteiger partial charge in [0.05, 0.1) is 10.6 Å². The molecule has 0 saturated heterocycles. The van der Waals surface area contributed by atoms with Crippen molar-refractivity contribution in [3.63, 3.8) is 0 Å². The highest BCUT2D eigenvalue weighted by atomic mass is 32.2. The molecule has 4 heteroatoms. The third kappa shape index (κ3) is 3.43. The first-order valence-electron chi connectivity index (χ1n) is 6.18. The third-order valence-electron chi connectivity index (χ3n) is 2.98. The van der Waals surface area contributed by atoms with Crippen LogP contribution in [0.25, 0.3) is 0 Å². The molecule has 100 valence electrons. The van der Waals surface area contributed by atoms with Crippen molar-refractivity contribution in [2.24, 2.45) is 5.73 Å². The van der Waals surface area contributed by atoms with Crippen LogP contribution < -0.4 is 5.73 Å². The van der Waals surface area contributed by atoms with E-state index in [-0.39, 0.29) is 5.75 Å². The average Bonchev–Trinajstić information content (AvgIpc) is 2.42. The maximum absolute atomic E-state index is 12.3. The summed E-state index contributed by atoms with van der Waals surface area (Å²) in [5.41, 5.74) is 7.39. The molecule has 0 spiro atoms. The Hall–Kier alpha value is -1.65. The van der Waals surface area contributed by atoms with Crippen molar-refractivity contribution in [3.05, 3.63) is 65.7 Å². The Balaban J connectivity index is 2.31. The first-order chi connectivity index (χ1) is 9.13. The monoisotopic (exact) mass is 275 g/mol. The van der Waals surface area contributed by atoms with Crippen molar-refractivity contribution in [1.82, 2.24) is 0 Å². The minimum Gasteiger partial charge on any atom is -0.330 e. The van der Waals surface area contributed by atoms with E-state index in [1.807, 2.05) is 24.3 Å². The second-order valence-electron chi connectivity index (χ2n) is 4.38. The fourth-order valence-electron chi connectivity index (χ4n) is 2.01. The van der Waals surface area contributed by atoms with Crippen LogP contribution in [0.5, 0.6) is 0 Å². The molecule has 0 saturated carbocycles. The molecule has 0 amide bonds. The summed E-state index contributed by atoms with van der Waals surface area (Å²) in [6.07, 6.45) is 0.695. The second kappa shape index (κ2) is 5.99. The molecule has 0 radical (unpaired) electrons. The van der Waals surface area contributed by atoms with Gasteiger partial charge in [-0.05, 0) is 36.2 Å². The summed E-state index contributed by atoms with van der Waals surface area (Å²) >= 11 is 0. The fourth-order valence-corrected chi connectivity index (χ4v) is 3.44. The lowest BCUT2D eigenvalue weighted by Gasteiger charge is -2.09. The van der Waals surface area contributed by atoms with Crippen LogP contribution in [0.2, 0.25) is 0 Å². The summed E-state index contributed by atoms with van der Waals surface area (Å²) < 4.78 is 24.7. The van der Waals surface area contributed by atoms with Crippen LogP contribution in [-0.2, 0) is 22.0 Å². The van der Waals surface area contributed by atoms with Gasteiger partial charge in [0.15, 0.2) is 9.84 Å². The highest BCUT2D eigenvalue weighted by Gasteiger charge is 2.16. The molecule has 0 unspecified atom stereocenters. The Labute approximate surface area is 114 Å². The van der Waals surface area contributed by atoms with Gasteiger partial charge in [-0.2, -0.15) is 0 Å². The number of hydrogen-bond donors (Lipinski definition) is 1. The summed E-state index contributed by atoms with van der Waals surface area (Å²) in [4.78, 5) is 0.359. The molecule has 0 aliphatic rings. The molecule has 0 fully saturated rings. The number of hydrogen-bond acceptors (Lipinski definition) is 3. The lowest BCUT2D eigenvalue weighted by molar-refractivity contribution is 0.595. The number of rotatable bonds is 5. The third-order valence-corrected chi connectivity index (χ3v) is 4.66. The SMILES string of the molecule is NCCc1ccccc1CS(=O)(=O)c1ccccc1. The number of nitrogens with two attached hydrogens (primary N) is 1. The van der Waals surface area contributed by atoms with E-state index in [9.17, 15) is 8.42 Å². The van der Waals surface area contributed by atoms with Crippen molar-refractivity contribution in [2.45, 2.75) is 17.1 Å². The van der Waals surface area contributed by atoms with Gasteiger partial charge in [0, 0.05) is 0 Å². The Morgan fingerprint density at radius 3 is 2.05 bits per heavy atom. The van der Waals surface area contributed by atoms with Gasteiger partial charge in [-0.15, -0.1) is 0 Å². The highest BCUT2D eigenvalue weighted by Crippen LogP contribution is 2.19. The fraction of sp³-hybridized carbons (Fsp3) is 0.200. The van der Waals surface area contributed by atoms with Gasteiger partial charge in [0.1, 0.15) is 0 Å². The normalized spacial score (nSPS) is 11.4. The zero-order valence-electron chi connectivity index (χ0n) is 10.6. The number of sulfone groups is 1. The predicted molar refractivity (Wildman–Crippen MR) is 76.5 cm³/mol. The van der Waals surface area contributed by atoms with Gasteiger partial charge in [-0.25, -0.2) is 8.42 Å². The topological polar surface area (TPSA) is 60.2 Å². The van der Waals surface area contributed by atoms with E-state index in [1.54, 1.807) is 30.3 Å². The predicted octanol–water partition coefficient (Wildman–Crippen LogP) is 2.16. The van der Waals surface area contributed by atoms with Gasteiger partial charge >= 0.3 is 0 Å². The van der Waals surface area contributed by atoms with Crippen LogP contribution in [0, 0.1) is 0 Å². The van der Waals surface area contributed by atoms with E-state index in [0.717, 1.165) is 11.1 Å². The maximum Gasteiger partial charge on any atom is 0.182 e. The average molecular weight is 275 g/mol. The van der Waals surface area contributed by atoms with Crippen molar-refractivity contribution in [2.75, 3.05) is 6.54 Å². The lowest BCUT2D eigenvalue weighted by atomic mass is 10.1. The van der Waals surface area contributed by atoms with E-state index in [1.165, 1.54) is 0 Å². The Kier molecular flexibility index (Phi) is 4.35. The molecule has 3 nitrogen and oxygen atoms in total. The quantitative estimate of drug-likeness (QED) is 0.909. The minimum absolute atomic E-state index is 0.0210. The molecule has 19 heavy (non-hydrogen) atoms. The molecule has 2 aromatic rings. The molecule has 0 atom stereocenters. The first-order valence-corrected chi connectivity index (χ1v) is 7.83. The Morgan fingerprint density at radius 1 is 0.842 bits per heavy atom. The molecule has 0 bridgehead atoms. The van der Waals surface area contributed by atoms with Gasteiger partial charge in [0.25, 0.3) is 0 Å². The summed E-state index contributed by atoms with van der Waals surface area (Å²) in [6.45, 7) is 0.516. The van der Waals surface area contributed by atoms with E-state index in [0.29, 0.717) is 17.9 Å². The van der Waals surface area contributed by atoms with Crippen LogP contribution in [0.15, 0.2) is 59.5 Å². The molecule has 0 heterocycles. The summed E-state index contributed by atoms with van der Waals surface area (Å²) in [5.74, 6) is 0.0210. The second-order valence-corrected chi connectivity index (χ2v) is 6.37. The largest absolute Gasteiger partial charge is 0.330 e. The minimum atomic E-state index is -3.29. The zero-order chi connectivity index (χ0) is 13.7. The molecule has 2 N–H and O–H groups in total. The van der Waals surface area contributed by atoms with Gasteiger partial charge in [-0.3, -0.25) is 0 Å². The van der Waals surface area contributed by atoms with Gasteiger partial charge in [0.2, 0.25) is 0 Å². The smallest absolute Gasteiger partial charge is 0.182 e. The summed E-state index contributed by atoms with van der Waals surface area (Å²) in [7, 11) is -3.29. The summed E-state index contributed by atoms with van der Waals surface area (Å²) in [5, 5.41) is 0. The van der Waals surface area contributed by atoms with Crippen LogP contribution in [-0.4, -0.2) is 15.0 Å². The van der Waals surface area contributed by atoms with E-state index < -0.39 is 9.84 Å². The molecule has 0 aromatic heterocycles. The molecule has 2 aromatic carbocycles. The van der Waals surface area contributed by atoms with Crippen LogP contribution in [0.4, 0.5) is 0 Å². The van der Waals surface area contributed by atoms with Crippen molar-refractivity contribution >= 4 is 9.84 Å². The molecular formula is C15H17NO2S. The number of benzene rings is 2. The first kappa shape index (κ1) is 13.8. The van der Waals surface area contributed by atoms with Gasteiger partial charge < -0.3 is 5.73 Å². The van der Waals surface area contributed by atoms with Crippen LogP contribution in [0.3, 0.4) is 0 Å². The van der Waals surface area contributed by atoms with Gasteiger partial charge in [-0.1, -0.05) is 42.5 Å². The zero-order valence-corrected chi connectivity index (χ0v) is 11.4. The molecule has 0 aliphatic heterocycles. The maximum atomic E-state index is 12.3. The van der Waals surface area contributed by atoms with Crippen molar-refractivity contribution in [3.8, 4) is 0 Å². The molecule has 0 aliphatic carbocycles. The Bertz CT molecular complexity index is 636. The molecular weight excluding hydrogens is 258 g/mol. The highest BCUT2D eigenvalue weighted by molar-refractivity contribution is 7.90.